The standard InChI is InChI=1S/C15H26N2O/c1-12(2)16-10-15-14(6-9-18-15)11-17-7-4-13(3)5-8-17/h6,9,12-13,16H,4-5,7-8,10-11H2,1-3H3. The molecule has 0 amide bonds. The summed E-state index contributed by atoms with van der Waals surface area (Å²) in [4.78, 5) is 2.55. The van der Waals surface area contributed by atoms with E-state index >= 15 is 0 Å². The van der Waals surface area contributed by atoms with Crippen molar-refractivity contribution < 1.29 is 4.42 Å². The Morgan fingerprint density at radius 3 is 2.78 bits per heavy atom. The van der Waals surface area contributed by atoms with Crippen molar-refractivity contribution in [3.05, 3.63) is 23.7 Å². The van der Waals surface area contributed by atoms with Crippen LogP contribution in [0, 0.1) is 5.92 Å². The van der Waals surface area contributed by atoms with E-state index in [0.29, 0.717) is 6.04 Å². The molecule has 1 aromatic rings. The number of nitrogens with one attached hydrogen (secondary N) is 1. The summed E-state index contributed by atoms with van der Waals surface area (Å²) in [5, 5.41) is 3.42. The lowest BCUT2D eigenvalue weighted by Crippen LogP contribution is -2.32. The molecule has 2 heterocycles. The van der Waals surface area contributed by atoms with Gasteiger partial charge in [-0.1, -0.05) is 20.8 Å². The first kappa shape index (κ1) is 13.6. The Morgan fingerprint density at radius 2 is 2.11 bits per heavy atom. The van der Waals surface area contributed by atoms with Crippen LogP contribution in [0.1, 0.15) is 44.9 Å². The van der Waals surface area contributed by atoms with Gasteiger partial charge in [-0.15, -0.1) is 0 Å². The molecule has 0 bridgehead atoms. The van der Waals surface area contributed by atoms with Gasteiger partial charge in [-0.25, -0.2) is 0 Å². The van der Waals surface area contributed by atoms with Gasteiger partial charge in [0.1, 0.15) is 5.76 Å². The van der Waals surface area contributed by atoms with Gasteiger partial charge in [-0.05, 0) is 37.9 Å². The molecule has 0 radical (unpaired) electrons. The molecular weight excluding hydrogens is 224 g/mol. The molecule has 1 saturated heterocycles. The molecule has 0 spiro atoms. The summed E-state index contributed by atoms with van der Waals surface area (Å²) < 4.78 is 5.59. The summed E-state index contributed by atoms with van der Waals surface area (Å²) >= 11 is 0. The number of piperidine rings is 1. The maximum atomic E-state index is 5.59. The Bertz CT molecular complexity index is 351. The maximum absolute atomic E-state index is 5.59. The number of likely N-dealkylation sites (tertiary alicyclic amines) is 1. The first-order valence-corrected chi connectivity index (χ1v) is 7.16. The van der Waals surface area contributed by atoms with Crippen molar-refractivity contribution in [2.75, 3.05) is 13.1 Å². The summed E-state index contributed by atoms with van der Waals surface area (Å²) in [6, 6.07) is 2.62. The average Bonchev–Trinajstić information content (AvgIpc) is 2.77. The summed E-state index contributed by atoms with van der Waals surface area (Å²) in [5.74, 6) is 2.00. The van der Waals surface area contributed by atoms with Crippen LogP contribution in [0.25, 0.3) is 0 Å². The van der Waals surface area contributed by atoms with Crippen molar-refractivity contribution in [1.29, 1.82) is 0 Å². The van der Waals surface area contributed by atoms with E-state index < -0.39 is 0 Å². The zero-order valence-electron chi connectivity index (χ0n) is 11.9. The van der Waals surface area contributed by atoms with Crippen molar-refractivity contribution in [2.45, 2.75) is 52.7 Å². The lowest BCUT2D eigenvalue weighted by Gasteiger charge is -2.30. The summed E-state index contributed by atoms with van der Waals surface area (Å²) in [5.41, 5.74) is 1.35. The van der Waals surface area contributed by atoms with Crippen LogP contribution in [0.3, 0.4) is 0 Å². The van der Waals surface area contributed by atoms with Gasteiger partial charge in [0.2, 0.25) is 0 Å². The van der Waals surface area contributed by atoms with Gasteiger partial charge < -0.3 is 9.73 Å². The fourth-order valence-corrected chi connectivity index (χ4v) is 2.42. The van der Waals surface area contributed by atoms with Crippen LogP contribution in [-0.2, 0) is 13.1 Å². The highest BCUT2D eigenvalue weighted by Gasteiger charge is 2.17. The van der Waals surface area contributed by atoms with Crippen LogP contribution < -0.4 is 5.32 Å². The molecule has 102 valence electrons. The Balaban J connectivity index is 1.87. The Morgan fingerprint density at radius 1 is 1.39 bits per heavy atom. The van der Waals surface area contributed by atoms with E-state index in [1.807, 2.05) is 6.26 Å². The van der Waals surface area contributed by atoms with Crippen LogP contribution in [-0.4, -0.2) is 24.0 Å². The van der Waals surface area contributed by atoms with Crippen molar-refractivity contribution in [1.82, 2.24) is 10.2 Å². The molecule has 1 fully saturated rings. The first-order valence-electron chi connectivity index (χ1n) is 7.16. The lowest BCUT2D eigenvalue weighted by atomic mass is 9.99. The van der Waals surface area contributed by atoms with Gasteiger partial charge in [0.05, 0.1) is 12.8 Å². The molecule has 0 atom stereocenters. The molecule has 3 nitrogen and oxygen atoms in total. The van der Waals surface area contributed by atoms with E-state index in [1.54, 1.807) is 0 Å². The monoisotopic (exact) mass is 250 g/mol. The molecule has 18 heavy (non-hydrogen) atoms. The fraction of sp³-hybridized carbons (Fsp3) is 0.733. The Kier molecular flexibility index (Phi) is 4.84. The van der Waals surface area contributed by atoms with Crippen molar-refractivity contribution in [3.63, 3.8) is 0 Å². The van der Waals surface area contributed by atoms with E-state index in [2.05, 4.69) is 37.1 Å². The highest BCUT2D eigenvalue weighted by atomic mass is 16.3. The van der Waals surface area contributed by atoms with Crippen LogP contribution in [0.15, 0.2) is 16.7 Å². The molecule has 1 aliphatic heterocycles. The van der Waals surface area contributed by atoms with Gasteiger partial charge in [0.25, 0.3) is 0 Å². The lowest BCUT2D eigenvalue weighted by molar-refractivity contribution is 0.184. The number of furan rings is 1. The summed E-state index contributed by atoms with van der Waals surface area (Å²) in [7, 11) is 0. The Labute approximate surface area is 111 Å². The SMILES string of the molecule is CC1CCN(Cc2ccoc2CNC(C)C)CC1. The minimum atomic E-state index is 0.499. The van der Waals surface area contributed by atoms with E-state index in [4.69, 9.17) is 4.42 Å². The van der Waals surface area contributed by atoms with Crippen LogP contribution in [0.4, 0.5) is 0 Å². The van der Waals surface area contributed by atoms with Crippen molar-refractivity contribution >= 4 is 0 Å². The Hall–Kier alpha value is -0.800. The molecule has 1 aromatic heterocycles. The molecule has 1 N–H and O–H groups in total. The molecule has 0 saturated carbocycles. The summed E-state index contributed by atoms with van der Waals surface area (Å²) in [6.45, 7) is 11.0. The number of hydrogen-bond donors (Lipinski definition) is 1. The number of nitrogens with zero attached hydrogens (tertiary/aromatic N) is 1. The number of rotatable bonds is 5. The van der Waals surface area contributed by atoms with Crippen molar-refractivity contribution in [2.24, 2.45) is 5.92 Å². The fourth-order valence-electron chi connectivity index (χ4n) is 2.42. The second-order valence-corrected chi connectivity index (χ2v) is 5.86. The van der Waals surface area contributed by atoms with Crippen LogP contribution >= 0.6 is 0 Å². The van der Waals surface area contributed by atoms with E-state index in [9.17, 15) is 0 Å². The van der Waals surface area contributed by atoms with Crippen molar-refractivity contribution in [3.8, 4) is 0 Å². The largest absolute Gasteiger partial charge is 0.468 e. The topological polar surface area (TPSA) is 28.4 Å². The minimum absolute atomic E-state index is 0.499. The zero-order valence-corrected chi connectivity index (χ0v) is 11.9. The predicted molar refractivity (Wildman–Crippen MR) is 74.4 cm³/mol. The number of hydrogen-bond acceptors (Lipinski definition) is 3. The van der Waals surface area contributed by atoms with Gasteiger partial charge in [0.15, 0.2) is 0 Å². The van der Waals surface area contributed by atoms with Gasteiger partial charge in [0, 0.05) is 18.2 Å². The minimum Gasteiger partial charge on any atom is -0.468 e. The average molecular weight is 250 g/mol. The second-order valence-electron chi connectivity index (χ2n) is 5.86. The third kappa shape index (κ3) is 3.85. The third-order valence-electron chi connectivity index (χ3n) is 3.78. The molecule has 0 aromatic carbocycles. The van der Waals surface area contributed by atoms with Gasteiger partial charge in [-0.2, -0.15) is 0 Å². The van der Waals surface area contributed by atoms with E-state index in [0.717, 1.165) is 24.8 Å². The smallest absolute Gasteiger partial charge is 0.122 e. The van der Waals surface area contributed by atoms with E-state index in [1.165, 1.54) is 31.5 Å². The molecular formula is C15H26N2O. The third-order valence-corrected chi connectivity index (χ3v) is 3.78. The summed E-state index contributed by atoms with van der Waals surface area (Å²) in [6.07, 6.45) is 4.48. The highest BCUT2D eigenvalue weighted by molar-refractivity contribution is 5.17. The molecule has 1 aliphatic rings. The quantitative estimate of drug-likeness (QED) is 0.871. The zero-order chi connectivity index (χ0) is 13.0. The highest BCUT2D eigenvalue weighted by Crippen LogP contribution is 2.20. The van der Waals surface area contributed by atoms with Gasteiger partial charge >= 0.3 is 0 Å². The second kappa shape index (κ2) is 6.39. The molecule has 3 heteroatoms. The molecule has 2 rings (SSSR count). The molecule has 0 unspecified atom stereocenters. The van der Waals surface area contributed by atoms with Crippen LogP contribution in [0.2, 0.25) is 0 Å². The van der Waals surface area contributed by atoms with E-state index in [-0.39, 0.29) is 0 Å². The van der Waals surface area contributed by atoms with Gasteiger partial charge in [-0.3, -0.25) is 4.90 Å². The normalized spacial score (nSPS) is 18.7. The molecule has 0 aliphatic carbocycles. The predicted octanol–water partition coefficient (Wildman–Crippen LogP) is 3.01. The first-order chi connectivity index (χ1) is 8.65. The maximum Gasteiger partial charge on any atom is 0.122 e. The van der Waals surface area contributed by atoms with Crippen LogP contribution in [0.5, 0.6) is 0 Å².